The van der Waals surface area contributed by atoms with Crippen molar-refractivity contribution in [1.82, 2.24) is 10.2 Å². The van der Waals surface area contributed by atoms with Gasteiger partial charge in [0.25, 0.3) is 5.89 Å². The Morgan fingerprint density at radius 3 is 2.57 bits per heavy atom. The molecule has 8 nitrogen and oxygen atoms in total. The number of hydrogen-bond donors (Lipinski definition) is 2. The fourth-order valence-corrected chi connectivity index (χ4v) is 4.34. The maximum atomic E-state index is 13.6. The molecule has 0 atom stereocenters. The van der Waals surface area contributed by atoms with Crippen LogP contribution in [0.15, 0.2) is 74.7 Å². The number of alkyl halides is 3. The molecule has 0 saturated carbocycles. The number of anilines is 1. The lowest BCUT2D eigenvalue weighted by atomic mass is 10.1. The summed E-state index contributed by atoms with van der Waals surface area (Å²) in [7, 11) is -3.52. The zero-order chi connectivity index (χ0) is 27.4. The second kappa shape index (κ2) is 11.5. The van der Waals surface area contributed by atoms with E-state index < -0.39 is 21.6 Å². The molecule has 0 spiro atoms. The van der Waals surface area contributed by atoms with Crippen LogP contribution >= 0.6 is 27.7 Å². The van der Waals surface area contributed by atoms with Crippen LogP contribution in [0.4, 0.5) is 18.9 Å². The highest BCUT2D eigenvalue weighted by Crippen LogP contribution is 2.37. The summed E-state index contributed by atoms with van der Waals surface area (Å²) in [6, 6.07) is 10.5. The molecule has 0 aliphatic heterocycles. The van der Waals surface area contributed by atoms with Crippen molar-refractivity contribution in [2.75, 3.05) is 23.8 Å². The molecule has 14 heteroatoms. The van der Waals surface area contributed by atoms with E-state index in [1.807, 2.05) is 0 Å². The van der Waals surface area contributed by atoms with Crippen molar-refractivity contribution in [3.63, 3.8) is 0 Å². The number of thioether (sulfide) groups is 1. The number of ether oxygens (including phenoxy) is 1. The fourth-order valence-electron chi connectivity index (χ4n) is 2.93. The van der Waals surface area contributed by atoms with E-state index in [2.05, 4.69) is 38.0 Å². The van der Waals surface area contributed by atoms with Gasteiger partial charge in [0.05, 0.1) is 20.6 Å². The van der Waals surface area contributed by atoms with Gasteiger partial charge in [0.2, 0.25) is 5.89 Å². The van der Waals surface area contributed by atoms with E-state index in [1.165, 1.54) is 54.2 Å². The van der Waals surface area contributed by atoms with Crippen molar-refractivity contribution in [3.8, 4) is 11.5 Å². The van der Waals surface area contributed by atoms with Gasteiger partial charge in [-0.15, -0.1) is 22.0 Å². The number of nitrogens with zero attached hydrogens (tertiary/aromatic N) is 2. The van der Waals surface area contributed by atoms with Crippen molar-refractivity contribution in [1.29, 1.82) is 5.41 Å². The van der Waals surface area contributed by atoms with E-state index >= 15 is 0 Å². The monoisotopic (exact) mass is 616 g/mol. The number of halogens is 4. The van der Waals surface area contributed by atoms with Gasteiger partial charge in [0, 0.05) is 11.8 Å². The first-order chi connectivity index (χ1) is 17.3. The summed E-state index contributed by atoms with van der Waals surface area (Å²) in [5.74, 6) is -0.216. The van der Waals surface area contributed by atoms with Gasteiger partial charge in [-0.05, 0) is 52.5 Å². The Bertz CT molecular complexity index is 1470. The molecule has 0 aliphatic rings. The van der Waals surface area contributed by atoms with Gasteiger partial charge in [-0.25, -0.2) is 8.42 Å². The standard InChI is InChI=1S/C23H20BrF3N4O4S2/c1-13(34-12-36-2)19(28)18(24)20(29-17-10-5-4-9-16(17)23(25,26)27)22-31-30-21(35-22)14-7-6-8-15(11-14)37(3,32)33/h4-11,28-29H,1,12H2,2-3H3/b20-18+,28-19?. The number of benzene rings is 2. The molecule has 0 amide bonds. The Morgan fingerprint density at radius 2 is 1.92 bits per heavy atom. The van der Waals surface area contributed by atoms with Crippen LogP contribution in [0.2, 0.25) is 0 Å². The van der Waals surface area contributed by atoms with Gasteiger partial charge >= 0.3 is 6.18 Å². The van der Waals surface area contributed by atoms with Crippen molar-refractivity contribution in [3.05, 3.63) is 76.8 Å². The summed E-state index contributed by atoms with van der Waals surface area (Å²) in [6.45, 7) is 3.68. The molecule has 37 heavy (non-hydrogen) atoms. The molecule has 0 aliphatic carbocycles. The number of sulfone groups is 1. The normalized spacial score (nSPS) is 12.6. The topological polar surface area (TPSA) is 118 Å². The minimum Gasteiger partial charge on any atom is -0.481 e. The van der Waals surface area contributed by atoms with Crippen LogP contribution in [0, 0.1) is 5.41 Å². The average Bonchev–Trinajstić information content (AvgIpc) is 3.34. The Hall–Kier alpha value is -3.10. The minimum absolute atomic E-state index is 0.0166. The molecule has 0 radical (unpaired) electrons. The van der Waals surface area contributed by atoms with Gasteiger partial charge < -0.3 is 14.5 Å². The average molecular weight is 617 g/mol. The summed E-state index contributed by atoms with van der Waals surface area (Å²) in [5, 5.41) is 18.9. The van der Waals surface area contributed by atoms with Crippen molar-refractivity contribution < 1.29 is 30.7 Å². The molecule has 1 aromatic heterocycles. The highest BCUT2D eigenvalue weighted by Gasteiger charge is 2.34. The van der Waals surface area contributed by atoms with Crippen molar-refractivity contribution in [2.45, 2.75) is 11.1 Å². The van der Waals surface area contributed by atoms with Crippen LogP contribution in [0.3, 0.4) is 0 Å². The van der Waals surface area contributed by atoms with Gasteiger partial charge in [-0.1, -0.05) is 24.8 Å². The number of nitrogens with one attached hydrogen (secondary N) is 2. The third-order valence-electron chi connectivity index (χ3n) is 4.71. The van der Waals surface area contributed by atoms with E-state index in [0.717, 1.165) is 12.3 Å². The van der Waals surface area contributed by atoms with Crippen LogP contribution in [0.25, 0.3) is 17.2 Å². The van der Waals surface area contributed by atoms with Gasteiger partial charge in [0.1, 0.15) is 23.1 Å². The number of aromatic nitrogens is 2. The predicted molar refractivity (Wildman–Crippen MR) is 140 cm³/mol. The fraction of sp³-hybridized carbons (Fsp3) is 0.174. The summed E-state index contributed by atoms with van der Waals surface area (Å²) >= 11 is 4.57. The summed E-state index contributed by atoms with van der Waals surface area (Å²) in [6.07, 6.45) is -1.85. The first-order valence-electron chi connectivity index (χ1n) is 10.2. The molecule has 0 fully saturated rings. The lowest BCUT2D eigenvalue weighted by Gasteiger charge is -2.17. The van der Waals surface area contributed by atoms with Crippen molar-refractivity contribution >= 4 is 54.6 Å². The van der Waals surface area contributed by atoms with E-state index in [-0.39, 0.29) is 55.5 Å². The van der Waals surface area contributed by atoms with Crippen LogP contribution in [0.5, 0.6) is 0 Å². The smallest absolute Gasteiger partial charge is 0.418 e. The lowest BCUT2D eigenvalue weighted by Crippen LogP contribution is -2.13. The molecule has 0 bridgehead atoms. The van der Waals surface area contributed by atoms with E-state index in [9.17, 15) is 21.6 Å². The minimum atomic E-state index is -4.67. The molecule has 0 saturated heterocycles. The zero-order valence-electron chi connectivity index (χ0n) is 19.4. The molecular weight excluding hydrogens is 597 g/mol. The summed E-state index contributed by atoms with van der Waals surface area (Å²) < 4.78 is 75.8. The van der Waals surface area contributed by atoms with Crippen LogP contribution in [-0.4, -0.2) is 42.8 Å². The molecule has 1 heterocycles. The third-order valence-corrected chi connectivity index (χ3v) is 6.97. The highest BCUT2D eigenvalue weighted by molar-refractivity contribution is 9.12. The SMILES string of the molecule is C=C(OCSC)C(=N)/C(Br)=C(\Nc1ccccc1C(F)(F)F)c1nnc(-c2cccc(S(C)(=O)=O)c2)o1. The third kappa shape index (κ3) is 7.02. The van der Waals surface area contributed by atoms with Gasteiger partial charge in [-0.2, -0.15) is 13.2 Å². The lowest BCUT2D eigenvalue weighted by molar-refractivity contribution is -0.136. The first kappa shape index (κ1) is 28.5. The summed E-state index contributed by atoms with van der Waals surface area (Å²) in [5.41, 5.74) is -1.45. The summed E-state index contributed by atoms with van der Waals surface area (Å²) in [4.78, 5) is 0.0166. The molecule has 3 rings (SSSR count). The Balaban J connectivity index is 2.12. The Labute approximate surface area is 223 Å². The van der Waals surface area contributed by atoms with Crippen LogP contribution < -0.4 is 5.32 Å². The van der Waals surface area contributed by atoms with Gasteiger partial charge in [-0.3, -0.25) is 5.41 Å². The number of rotatable bonds is 10. The molecule has 196 valence electrons. The molecule has 2 aromatic carbocycles. The quantitative estimate of drug-likeness (QED) is 0.157. The predicted octanol–water partition coefficient (Wildman–Crippen LogP) is 6.21. The van der Waals surface area contributed by atoms with E-state index in [0.29, 0.717) is 0 Å². The largest absolute Gasteiger partial charge is 0.481 e. The zero-order valence-corrected chi connectivity index (χ0v) is 22.6. The van der Waals surface area contributed by atoms with E-state index in [1.54, 1.807) is 6.26 Å². The molecule has 2 N–H and O–H groups in total. The number of allylic oxidation sites excluding steroid dienone is 1. The first-order valence-corrected chi connectivity index (χ1v) is 14.3. The maximum absolute atomic E-state index is 13.6. The molecule has 0 unspecified atom stereocenters. The maximum Gasteiger partial charge on any atom is 0.418 e. The highest BCUT2D eigenvalue weighted by atomic mass is 79.9. The number of hydrogen-bond acceptors (Lipinski definition) is 9. The molecular formula is C23H20BrF3N4O4S2. The Morgan fingerprint density at radius 1 is 1.22 bits per heavy atom. The van der Waals surface area contributed by atoms with E-state index in [4.69, 9.17) is 14.6 Å². The van der Waals surface area contributed by atoms with Gasteiger partial charge in [0.15, 0.2) is 9.84 Å². The molecule has 3 aromatic rings. The van der Waals surface area contributed by atoms with Crippen LogP contribution in [-0.2, 0) is 20.8 Å². The van der Waals surface area contributed by atoms with Crippen LogP contribution in [0.1, 0.15) is 11.5 Å². The Kier molecular flexibility index (Phi) is 8.87. The number of para-hydroxylation sites is 1. The second-order valence-electron chi connectivity index (χ2n) is 7.42. The van der Waals surface area contributed by atoms with Crippen molar-refractivity contribution in [2.24, 2.45) is 0 Å². The second-order valence-corrected chi connectivity index (χ2v) is 11.0.